The van der Waals surface area contributed by atoms with Crippen LogP contribution in [0.15, 0.2) is 0 Å². The number of hydrogen-bond acceptors (Lipinski definition) is 4. The van der Waals surface area contributed by atoms with Gasteiger partial charge in [0, 0.05) is 0 Å². The third-order valence-corrected chi connectivity index (χ3v) is 2.63. The van der Waals surface area contributed by atoms with Gasteiger partial charge in [0.05, 0.1) is 12.1 Å². The van der Waals surface area contributed by atoms with E-state index in [1.54, 1.807) is 27.7 Å². The van der Waals surface area contributed by atoms with Crippen molar-refractivity contribution in [2.24, 2.45) is 0 Å². The summed E-state index contributed by atoms with van der Waals surface area (Å²) in [5, 5.41) is 11.5. The number of aliphatic carboxylic acids is 1. The Morgan fingerprint density at radius 2 is 2.00 bits per heavy atom. The van der Waals surface area contributed by atoms with Crippen LogP contribution in [0.4, 0.5) is 4.79 Å². The highest BCUT2D eigenvalue weighted by Gasteiger charge is 2.34. The molecule has 3 atom stereocenters. The highest BCUT2D eigenvalue weighted by molar-refractivity contribution is 5.72. The first kappa shape index (κ1) is 14.8. The second-order valence-corrected chi connectivity index (χ2v) is 5.51. The molecule has 0 saturated carbocycles. The van der Waals surface area contributed by atoms with Crippen LogP contribution in [-0.2, 0) is 14.3 Å². The number of rotatable bonds is 3. The smallest absolute Gasteiger partial charge is 0.407 e. The van der Waals surface area contributed by atoms with E-state index >= 15 is 0 Å². The molecule has 6 heteroatoms. The zero-order valence-corrected chi connectivity index (χ0v) is 11.2. The maximum atomic E-state index is 11.5. The lowest BCUT2D eigenvalue weighted by Gasteiger charge is -2.24. The minimum absolute atomic E-state index is 0.274. The third-order valence-electron chi connectivity index (χ3n) is 2.63. The minimum Gasteiger partial charge on any atom is -0.479 e. The normalized spacial score (nSPS) is 25.6. The van der Waals surface area contributed by atoms with E-state index in [2.05, 4.69) is 5.32 Å². The van der Waals surface area contributed by atoms with E-state index in [9.17, 15) is 9.59 Å². The van der Waals surface area contributed by atoms with E-state index in [1.807, 2.05) is 0 Å². The molecule has 1 aliphatic rings. The van der Waals surface area contributed by atoms with Crippen molar-refractivity contribution in [2.45, 2.75) is 64.4 Å². The largest absolute Gasteiger partial charge is 0.479 e. The second kappa shape index (κ2) is 5.56. The fourth-order valence-electron chi connectivity index (χ4n) is 1.80. The van der Waals surface area contributed by atoms with E-state index in [-0.39, 0.29) is 12.1 Å². The molecule has 0 aliphatic carbocycles. The molecule has 0 spiro atoms. The average molecular weight is 259 g/mol. The summed E-state index contributed by atoms with van der Waals surface area (Å²) in [4.78, 5) is 22.3. The van der Waals surface area contributed by atoms with Gasteiger partial charge in [-0.15, -0.1) is 0 Å². The quantitative estimate of drug-likeness (QED) is 0.803. The molecule has 1 saturated heterocycles. The number of nitrogens with one attached hydrogen (secondary N) is 1. The van der Waals surface area contributed by atoms with Gasteiger partial charge in [-0.2, -0.15) is 0 Å². The molecule has 1 heterocycles. The molecule has 1 aliphatic heterocycles. The number of carbonyl (C=O) groups is 2. The van der Waals surface area contributed by atoms with Gasteiger partial charge in [-0.3, -0.25) is 0 Å². The van der Waals surface area contributed by atoms with Crippen LogP contribution in [0.3, 0.4) is 0 Å². The lowest BCUT2D eigenvalue weighted by molar-refractivity contribution is -0.149. The number of carboxylic acids is 1. The predicted octanol–water partition coefficient (Wildman–Crippen LogP) is 1.53. The van der Waals surface area contributed by atoms with E-state index < -0.39 is 23.8 Å². The summed E-state index contributed by atoms with van der Waals surface area (Å²) in [6.07, 6.45) is -0.470. The van der Waals surface area contributed by atoms with E-state index in [0.717, 1.165) is 0 Å². The van der Waals surface area contributed by atoms with Gasteiger partial charge in [0.2, 0.25) is 0 Å². The summed E-state index contributed by atoms with van der Waals surface area (Å²) >= 11 is 0. The van der Waals surface area contributed by atoms with Gasteiger partial charge in [-0.1, -0.05) is 0 Å². The first-order chi connectivity index (χ1) is 8.19. The number of carbonyl (C=O) groups excluding carboxylic acids is 1. The number of carboxylic acid groups (broad SMARTS) is 1. The van der Waals surface area contributed by atoms with Crippen molar-refractivity contribution in [3.05, 3.63) is 0 Å². The topological polar surface area (TPSA) is 84.9 Å². The molecule has 0 aromatic heterocycles. The van der Waals surface area contributed by atoms with Crippen LogP contribution in [0.1, 0.15) is 40.5 Å². The van der Waals surface area contributed by atoms with E-state index in [1.165, 1.54) is 0 Å². The molecular formula is C12H21NO5. The van der Waals surface area contributed by atoms with Gasteiger partial charge in [0.15, 0.2) is 6.10 Å². The van der Waals surface area contributed by atoms with Crippen molar-refractivity contribution in [2.75, 3.05) is 0 Å². The highest BCUT2D eigenvalue weighted by atomic mass is 16.6. The summed E-state index contributed by atoms with van der Waals surface area (Å²) in [7, 11) is 0. The first-order valence-corrected chi connectivity index (χ1v) is 6.07. The maximum absolute atomic E-state index is 11.5. The Kier molecular flexibility index (Phi) is 4.56. The van der Waals surface area contributed by atoms with E-state index in [4.69, 9.17) is 14.6 Å². The van der Waals surface area contributed by atoms with Crippen molar-refractivity contribution >= 4 is 12.1 Å². The summed E-state index contributed by atoms with van der Waals surface area (Å²) in [5.74, 6) is -0.957. The van der Waals surface area contributed by atoms with Gasteiger partial charge in [0.1, 0.15) is 5.60 Å². The minimum atomic E-state index is -0.957. The van der Waals surface area contributed by atoms with Crippen LogP contribution in [0, 0.1) is 0 Å². The third kappa shape index (κ3) is 4.52. The molecular weight excluding hydrogens is 238 g/mol. The van der Waals surface area contributed by atoms with E-state index in [0.29, 0.717) is 12.8 Å². The number of amides is 1. The fourth-order valence-corrected chi connectivity index (χ4v) is 1.80. The zero-order chi connectivity index (χ0) is 13.9. The Labute approximate surface area is 107 Å². The van der Waals surface area contributed by atoms with Crippen molar-refractivity contribution in [1.29, 1.82) is 0 Å². The SMILES string of the molecule is C[C@@H](NC(=O)OC(C)(C)C)[C@H]1CC[C@H](C(=O)O)O1. The van der Waals surface area contributed by atoms with Crippen LogP contribution >= 0.6 is 0 Å². The summed E-state index contributed by atoms with van der Waals surface area (Å²) in [6.45, 7) is 7.12. The number of alkyl carbamates (subject to hydrolysis) is 1. The Bertz CT molecular complexity index is 323. The summed E-state index contributed by atoms with van der Waals surface area (Å²) in [5.41, 5.74) is -0.552. The van der Waals surface area contributed by atoms with Crippen LogP contribution in [-0.4, -0.2) is 41.0 Å². The Balaban J connectivity index is 2.40. The molecule has 0 aromatic carbocycles. The van der Waals surface area contributed by atoms with Crippen molar-refractivity contribution in [3.8, 4) is 0 Å². The lowest BCUT2D eigenvalue weighted by Crippen LogP contribution is -2.43. The maximum Gasteiger partial charge on any atom is 0.407 e. The molecule has 2 N–H and O–H groups in total. The van der Waals surface area contributed by atoms with Crippen LogP contribution in [0.5, 0.6) is 0 Å². The van der Waals surface area contributed by atoms with Gasteiger partial charge in [0.25, 0.3) is 0 Å². The van der Waals surface area contributed by atoms with Gasteiger partial charge >= 0.3 is 12.1 Å². The molecule has 1 rings (SSSR count). The number of hydrogen-bond donors (Lipinski definition) is 2. The molecule has 1 fully saturated rings. The standard InChI is InChI=1S/C12H21NO5/c1-7(13-11(16)18-12(2,3)4)8-5-6-9(17-8)10(14)15/h7-9H,5-6H2,1-4H3,(H,13,16)(H,14,15)/t7-,8-,9-/m1/s1. The van der Waals surface area contributed by atoms with Crippen molar-refractivity contribution < 1.29 is 24.2 Å². The van der Waals surface area contributed by atoms with Crippen molar-refractivity contribution in [3.63, 3.8) is 0 Å². The molecule has 0 unspecified atom stereocenters. The van der Waals surface area contributed by atoms with Gasteiger partial charge in [-0.05, 0) is 40.5 Å². The highest BCUT2D eigenvalue weighted by Crippen LogP contribution is 2.22. The zero-order valence-electron chi connectivity index (χ0n) is 11.2. The monoisotopic (exact) mass is 259 g/mol. The fraction of sp³-hybridized carbons (Fsp3) is 0.833. The molecule has 0 bridgehead atoms. The predicted molar refractivity (Wildman–Crippen MR) is 64.4 cm³/mol. The Morgan fingerprint density at radius 1 is 1.39 bits per heavy atom. The second-order valence-electron chi connectivity index (χ2n) is 5.51. The van der Waals surface area contributed by atoms with Crippen LogP contribution < -0.4 is 5.32 Å². The van der Waals surface area contributed by atoms with Crippen molar-refractivity contribution in [1.82, 2.24) is 5.32 Å². The molecule has 18 heavy (non-hydrogen) atoms. The van der Waals surface area contributed by atoms with Crippen LogP contribution in [0.25, 0.3) is 0 Å². The van der Waals surface area contributed by atoms with Gasteiger partial charge in [-0.25, -0.2) is 9.59 Å². The Morgan fingerprint density at radius 3 is 2.44 bits per heavy atom. The Hall–Kier alpha value is -1.30. The number of ether oxygens (including phenoxy) is 2. The van der Waals surface area contributed by atoms with Crippen LogP contribution in [0.2, 0.25) is 0 Å². The lowest BCUT2D eigenvalue weighted by atomic mass is 10.1. The molecule has 104 valence electrons. The summed E-state index contributed by atoms with van der Waals surface area (Å²) in [6, 6.07) is -0.274. The summed E-state index contributed by atoms with van der Waals surface area (Å²) < 4.78 is 10.5. The molecule has 6 nitrogen and oxygen atoms in total. The van der Waals surface area contributed by atoms with Gasteiger partial charge < -0.3 is 19.9 Å². The first-order valence-electron chi connectivity index (χ1n) is 6.07. The average Bonchev–Trinajstić information content (AvgIpc) is 2.62. The molecule has 0 aromatic rings. The molecule has 1 amide bonds. The molecule has 0 radical (unpaired) electrons.